The first-order chi connectivity index (χ1) is 14.1. The van der Waals surface area contributed by atoms with E-state index in [1.54, 1.807) is 0 Å². The molecule has 1 fully saturated rings. The van der Waals surface area contributed by atoms with Gasteiger partial charge in [-0.05, 0) is 56.5 Å². The number of hydrogen-bond acceptors (Lipinski definition) is 6. The van der Waals surface area contributed by atoms with Crippen LogP contribution in [0, 0.1) is 0 Å². The van der Waals surface area contributed by atoms with E-state index < -0.39 is 0 Å². The predicted molar refractivity (Wildman–Crippen MR) is 116 cm³/mol. The molecular formula is C23H30N4O2. The van der Waals surface area contributed by atoms with Gasteiger partial charge in [0.15, 0.2) is 0 Å². The Kier molecular flexibility index (Phi) is 6.00. The van der Waals surface area contributed by atoms with Crippen LogP contribution in [0.25, 0.3) is 0 Å². The number of rotatable bonds is 6. The molecule has 2 aromatic rings. The van der Waals surface area contributed by atoms with Crippen molar-refractivity contribution < 1.29 is 9.53 Å². The Morgan fingerprint density at radius 3 is 2.62 bits per heavy atom. The highest BCUT2D eigenvalue weighted by atomic mass is 16.5. The van der Waals surface area contributed by atoms with Crippen molar-refractivity contribution in [2.24, 2.45) is 0 Å². The smallest absolute Gasteiger partial charge is 0.310 e. The normalized spacial score (nSPS) is 16.6. The van der Waals surface area contributed by atoms with Gasteiger partial charge in [0.2, 0.25) is 0 Å². The molecule has 6 heteroatoms. The summed E-state index contributed by atoms with van der Waals surface area (Å²) in [5.41, 5.74) is 5.75. The van der Waals surface area contributed by atoms with Crippen LogP contribution in [-0.4, -0.2) is 55.7 Å². The number of carbonyl (C=O) groups excluding carboxylic acids is 1. The minimum Gasteiger partial charge on any atom is -0.466 e. The first kappa shape index (κ1) is 19.7. The van der Waals surface area contributed by atoms with Gasteiger partial charge in [-0.2, -0.15) is 0 Å². The maximum Gasteiger partial charge on any atom is 0.310 e. The molecule has 4 rings (SSSR count). The largest absolute Gasteiger partial charge is 0.466 e. The Hall–Kier alpha value is -2.60. The molecule has 1 aliphatic carbocycles. The summed E-state index contributed by atoms with van der Waals surface area (Å²) in [4.78, 5) is 21.4. The minimum absolute atomic E-state index is 0.183. The van der Waals surface area contributed by atoms with Crippen molar-refractivity contribution in [2.75, 3.05) is 50.1 Å². The van der Waals surface area contributed by atoms with Crippen molar-refractivity contribution in [3.8, 4) is 0 Å². The predicted octanol–water partition coefficient (Wildman–Crippen LogP) is 3.17. The lowest BCUT2D eigenvalue weighted by molar-refractivity contribution is -0.142. The third-order valence-corrected chi connectivity index (χ3v) is 5.75. The van der Waals surface area contributed by atoms with E-state index in [4.69, 9.17) is 9.72 Å². The van der Waals surface area contributed by atoms with E-state index in [0.29, 0.717) is 13.0 Å². The van der Waals surface area contributed by atoms with Crippen LogP contribution in [0.5, 0.6) is 0 Å². The van der Waals surface area contributed by atoms with Crippen LogP contribution >= 0.6 is 0 Å². The summed E-state index contributed by atoms with van der Waals surface area (Å²) < 4.78 is 5.03. The van der Waals surface area contributed by atoms with Crippen molar-refractivity contribution in [3.05, 3.63) is 47.2 Å². The molecule has 0 unspecified atom stereocenters. The number of likely N-dealkylation sites (N-methyl/N-ethyl adjacent to an activating group) is 1. The number of benzene rings is 1. The van der Waals surface area contributed by atoms with E-state index >= 15 is 0 Å². The number of nitrogens with zero attached hydrogens (tertiary/aromatic N) is 3. The third-order valence-electron chi connectivity index (χ3n) is 5.75. The monoisotopic (exact) mass is 394 g/mol. The number of pyridine rings is 1. The van der Waals surface area contributed by atoms with Crippen LogP contribution < -0.4 is 10.2 Å². The number of piperazine rings is 1. The van der Waals surface area contributed by atoms with Gasteiger partial charge in [-0.25, -0.2) is 4.98 Å². The molecule has 0 radical (unpaired) electrons. The standard InChI is InChI=1S/C23H30N4O2/c1-3-29-23(28)15-17-7-9-18(10-8-17)24-21-16-22(25-20-6-4-5-19(20)21)27-13-11-26(2)12-14-27/h7-10,16H,3-6,11-15H2,1-2H3,(H,24,25). The summed E-state index contributed by atoms with van der Waals surface area (Å²) in [6.07, 6.45) is 3.62. The third kappa shape index (κ3) is 4.70. The molecule has 0 amide bonds. The molecule has 1 N–H and O–H groups in total. The maximum absolute atomic E-state index is 11.7. The summed E-state index contributed by atoms with van der Waals surface area (Å²) in [6.45, 7) is 6.43. The molecule has 0 saturated carbocycles. The van der Waals surface area contributed by atoms with E-state index in [9.17, 15) is 4.79 Å². The highest BCUT2D eigenvalue weighted by Gasteiger charge is 2.22. The van der Waals surface area contributed by atoms with Crippen LogP contribution in [0.3, 0.4) is 0 Å². The summed E-state index contributed by atoms with van der Waals surface area (Å²) in [6, 6.07) is 10.3. The number of hydrogen-bond donors (Lipinski definition) is 1. The Balaban J connectivity index is 1.51. The molecule has 6 nitrogen and oxygen atoms in total. The topological polar surface area (TPSA) is 57.7 Å². The Bertz CT molecular complexity index is 858. The fourth-order valence-electron chi connectivity index (χ4n) is 4.08. The van der Waals surface area contributed by atoms with E-state index in [0.717, 1.165) is 56.1 Å². The lowest BCUT2D eigenvalue weighted by Crippen LogP contribution is -2.44. The zero-order valence-electron chi connectivity index (χ0n) is 17.4. The van der Waals surface area contributed by atoms with Crippen molar-refractivity contribution in [1.82, 2.24) is 9.88 Å². The second kappa shape index (κ2) is 8.82. The molecular weight excluding hydrogens is 364 g/mol. The van der Waals surface area contributed by atoms with E-state index in [1.165, 1.54) is 23.4 Å². The summed E-state index contributed by atoms with van der Waals surface area (Å²) in [5.74, 6) is 0.900. The van der Waals surface area contributed by atoms with E-state index in [1.807, 2.05) is 31.2 Å². The van der Waals surface area contributed by atoms with Gasteiger partial charge < -0.3 is 19.9 Å². The highest BCUT2D eigenvalue weighted by molar-refractivity contribution is 5.73. The van der Waals surface area contributed by atoms with Crippen LogP contribution in [0.15, 0.2) is 30.3 Å². The quantitative estimate of drug-likeness (QED) is 0.760. The molecule has 2 heterocycles. The first-order valence-corrected chi connectivity index (χ1v) is 10.6. The van der Waals surface area contributed by atoms with Crippen molar-refractivity contribution in [1.29, 1.82) is 0 Å². The molecule has 1 aliphatic heterocycles. The number of aryl methyl sites for hydroxylation is 1. The zero-order chi connectivity index (χ0) is 20.2. The van der Waals surface area contributed by atoms with Crippen molar-refractivity contribution in [3.63, 3.8) is 0 Å². The zero-order valence-corrected chi connectivity index (χ0v) is 17.4. The lowest BCUT2D eigenvalue weighted by atomic mass is 10.1. The van der Waals surface area contributed by atoms with Crippen LogP contribution in [-0.2, 0) is 28.8 Å². The average molecular weight is 395 g/mol. The second-order valence-electron chi connectivity index (χ2n) is 7.90. The van der Waals surface area contributed by atoms with Crippen LogP contribution in [0.1, 0.15) is 30.2 Å². The fourth-order valence-corrected chi connectivity index (χ4v) is 4.08. The Morgan fingerprint density at radius 1 is 1.14 bits per heavy atom. The summed E-state index contributed by atoms with van der Waals surface area (Å²) in [5, 5.41) is 3.60. The Labute approximate surface area is 172 Å². The van der Waals surface area contributed by atoms with Gasteiger partial charge in [0.05, 0.1) is 13.0 Å². The molecule has 0 bridgehead atoms. The molecule has 154 valence electrons. The molecule has 1 aromatic heterocycles. The SMILES string of the molecule is CCOC(=O)Cc1ccc(Nc2cc(N3CCN(C)CC3)nc3c2CCC3)cc1. The number of nitrogens with one attached hydrogen (secondary N) is 1. The van der Waals surface area contributed by atoms with Gasteiger partial charge in [-0.3, -0.25) is 4.79 Å². The Morgan fingerprint density at radius 2 is 1.90 bits per heavy atom. The van der Waals surface area contributed by atoms with Crippen molar-refractivity contribution in [2.45, 2.75) is 32.6 Å². The van der Waals surface area contributed by atoms with Gasteiger partial charge in [0.1, 0.15) is 5.82 Å². The number of ether oxygens (including phenoxy) is 1. The lowest BCUT2D eigenvalue weighted by Gasteiger charge is -2.33. The molecule has 1 aromatic carbocycles. The van der Waals surface area contributed by atoms with E-state index in [-0.39, 0.29) is 5.97 Å². The first-order valence-electron chi connectivity index (χ1n) is 10.6. The molecule has 2 aliphatic rings. The van der Waals surface area contributed by atoms with E-state index in [2.05, 4.69) is 28.2 Å². The molecule has 0 spiro atoms. The van der Waals surface area contributed by atoms with Gasteiger partial charge in [-0.15, -0.1) is 0 Å². The summed E-state index contributed by atoms with van der Waals surface area (Å²) >= 11 is 0. The minimum atomic E-state index is -0.183. The van der Waals surface area contributed by atoms with Gasteiger partial charge in [-0.1, -0.05) is 12.1 Å². The number of esters is 1. The highest BCUT2D eigenvalue weighted by Crippen LogP contribution is 2.33. The second-order valence-corrected chi connectivity index (χ2v) is 7.90. The van der Waals surface area contributed by atoms with Gasteiger partial charge in [0, 0.05) is 49.3 Å². The number of fused-ring (bicyclic) bond motifs is 1. The molecule has 0 atom stereocenters. The fraction of sp³-hybridized carbons (Fsp3) is 0.478. The van der Waals surface area contributed by atoms with Crippen LogP contribution in [0.4, 0.5) is 17.2 Å². The van der Waals surface area contributed by atoms with Gasteiger partial charge >= 0.3 is 5.97 Å². The number of aromatic nitrogens is 1. The molecule has 29 heavy (non-hydrogen) atoms. The summed E-state index contributed by atoms with van der Waals surface area (Å²) in [7, 11) is 2.17. The number of carbonyl (C=O) groups is 1. The average Bonchev–Trinajstić information content (AvgIpc) is 3.19. The maximum atomic E-state index is 11.7. The number of anilines is 3. The van der Waals surface area contributed by atoms with Crippen molar-refractivity contribution >= 4 is 23.2 Å². The van der Waals surface area contributed by atoms with Gasteiger partial charge in [0.25, 0.3) is 0 Å². The van der Waals surface area contributed by atoms with Crippen LogP contribution in [0.2, 0.25) is 0 Å². The molecule has 1 saturated heterocycles.